The topological polar surface area (TPSA) is 60.5 Å². The molecule has 0 spiro atoms. The molecule has 1 aliphatic carbocycles. The first-order valence-corrected chi connectivity index (χ1v) is 8.22. The van der Waals surface area contributed by atoms with Gasteiger partial charge in [-0.3, -0.25) is 4.79 Å². The molecule has 4 atom stereocenters. The van der Waals surface area contributed by atoms with Crippen LogP contribution < -0.4 is 5.32 Å². The van der Waals surface area contributed by atoms with Gasteiger partial charge in [-0.2, -0.15) is 0 Å². The fourth-order valence-electron chi connectivity index (χ4n) is 3.23. The largest absolute Gasteiger partial charge is 0.384 e. The summed E-state index contributed by atoms with van der Waals surface area (Å²) in [4.78, 5) is 16.3. The molecule has 0 unspecified atom stereocenters. The molecule has 5 nitrogen and oxygen atoms in total. The van der Waals surface area contributed by atoms with Crippen molar-refractivity contribution < 1.29 is 14.3 Å². The van der Waals surface area contributed by atoms with E-state index in [0.717, 1.165) is 18.1 Å². The average Bonchev–Trinajstić information content (AvgIpc) is 2.94. The van der Waals surface area contributed by atoms with Gasteiger partial charge in [0.05, 0.1) is 23.5 Å². The summed E-state index contributed by atoms with van der Waals surface area (Å²) in [5.41, 5.74) is 0. The molecule has 1 aromatic heterocycles. The Morgan fingerprint density at radius 2 is 2.48 bits per heavy atom. The molecule has 3 rings (SSSR count). The molecule has 1 amide bonds. The van der Waals surface area contributed by atoms with Crippen molar-refractivity contribution in [1.82, 2.24) is 10.3 Å². The van der Waals surface area contributed by atoms with Gasteiger partial charge in [0.15, 0.2) is 0 Å². The van der Waals surface area contributed by atoms with Crippen molar-refractivity contribution in [3.63, 3.8) is 0 Å². The maximum atomic E-state index is 12.1. The van der Waals surface area contributed by atoms with Crippen LogP contribution in [0.15, 0.2) is 29.4 Å². The molecule has 0 aromatic carbocycles. The van der Waals surface area contributed by atoms with Crippen LogP contribution in [0.4, 0.5) is 0 Å². The Balaban J connectivity index is 1.50. The second-order valence-electron chi connectivity index (χ2n) is 5.46. The van der Waals surface area contributed by atoms with Crippen LogP contribution in [0.2, 0.25) is 0 Å². The highest BCUT2D eigenvalue weighted by Gasteiger charge is 2.54. The minimum absolute atomic E-state index is 0.0575. The summed E-state index contributed by atoms with van der Waals surface area (Å²) in [6, 6.07) is 5.90. The zero-order valence-corrected chi connectivity index (χ0v) is 12.8. The molecule has 1 saturated carbocycles. The highest BCUT2D eigenvalue weighted by Crippen LogP contribution is 2.43. The van der Waals surface area contributed by atoms with Gasteiger partial charge in [-0.15, -0.1) is 0 Å². The third kappa shape index (κ3) is 3.22. The number of thioether (sulfide) groups is 1. The number of rotatable bonds is 6. The third-order valence-electron chi connectivity index (χ3n) is 4.20. The maximum Gasteiger partial charge on any atom is 0.230 e. The standard InChI is InChI=1S/C15H20N2O3S/c1-19-8-11-14(10-5-7-20-15(10)11)17-12(18)9-21-13-4-2-3-6-16-13/h2-4,6,10-11,14-15H,5,7-9H2,1H3,(H,17,18)/t10-,11+,14+,15-/m1/s1. The Morgan fingerprint density at radius 3 is 3.24 bits per heavy atom. The first kappa shape index (κ1) is 14.8. The molecule has 1 N–H and O–H groups in total. The van der Waals surface area contributed by atoms with E-state index in [1.807, 2.05) is 18.2 Å². The highest BCUT2D eigenvalue weighted by molar-refractivity contribution is 7.99. The lowest BCUT2D eigenvalue weighted by Crippen LogP contribution is -2.63. The van der Waals surface area contributed by atoms with E-state index in [-0.39, 0.29) is 24.0 Å². The molecule has 21 heavy (non-hydrogen) atoms. The molecule has 114 valence electrons. The van der Waals surface area contributed by atoms with E-state index in [2.05, 4.69) is 10.3 Å². The number of hydrogen-bond acceptors (Lipinski definition) is 5. The number of pyridine rings is 1. The van der Waals surface area contributed by atoms with Gasteiger partial charge in [-0.05, 0) is 18.6 Å². The van der Waals surface area contributed by atoms with Crippen molar-refractivity contribution in [1.29, 1.82) is 0 Å². The lowest BCUT2D eigenvalue weighted by molar-refractivity contribution is -0.127. The predicted octanol–water partition coefficient (Wildman–Crippen LogP) is 1.34. The van der Waals surface area contributed by atoms with Crippen molar-refractivity contribution in [2.45, 2.75) is 23.6 Å². The Labute approximate surface area is 128 Å². The SMILES string of the molecule is COC[C@H]1[C@@H](NC(=O)CSc2ccccn2)[C@H]2CCO[C@H]21. The van der Waals surface area contributed by atoms with E-state index >= 15 is 0 Å². The van der Waals surface area contributed by atoms with E-state index in [1.54, 1.807) is 13.3 Å². The number of ether oxygens (including phenoxy) is 2. The van der Waals surface area contributed by atoms with Gasteiger partial charge in [0.2, 0.25) is 5.91 Å². The molecule has 2 heterocycles. The fraction of sp³-hybridized carbons (Fsp3) is 0.600. The molecule has 1 aliphatic heterocycles. The average molecular weight is 308 g/mol. The number of amides is 1. The Hall–Kier alpha value is -1.11. The number of carbonyl (C=O) groups excluding carboxylic acids is 1. The fourth-order valence-corrected chi connectivity index (χ4v) is 3.91. The molecular formula is C15H20N2O3S. The van der Waals surface area contributed by atoms with Gasteiger partial charge in [0, 0.05) is 37.8 Å². The summed E-state index contributed by atoms with van der Waals surface area (Å²) in [5.74, 6) is 1.19. The van der Waals surface area contributed by atoms with Crippen LogP contribution in [0.1, 0.15) is 6.42 Å². The lowest BCUT2D eigenvalue weighted by atomic mass is 9.67. The van der Waals surface area contributed by atoms with Crippen molar-refractivity contribution in [3.05, 3.63) is 24.4 Å². The number of fused-ring (bicyclic) bond motifs is 1. The van der Waals surface area contributed by atoms with E-state index < -0.39 is 0 Å². The molecule has 6 heteroatoms. The Bertz CT molecular complexity index is 485. The highest BCUT2D eigenvalue weighted by atomic mass is 32.2. The smallest absolute Gasteiger partial charge is 0.230 e. The second kappa shape index (κ2) is 6.77. The van der Waals surface area contributed by atoms with E-state index in [1.165, 1.54) is 11.8 Å². The molecule has 2 fully saturated rings. The minimum atomic E-state index is 0.0575. The monoisotopic (exact) mass is 308 g/mol. The molecule has 0 radical (unpaired) electrons. The van der Waals surface area contributed by atoms with Crippen LogP contribution in [0.5, 0.6) is 0 Å². The van der Waals surface area contributed by atoms with E-state index in [9.17, 15) is 4.79 Å². The van der Waals surface area contributed by atoms with E-state index in [0.29, 0.717) is 18.3 Å². The molecular weight excluding hydrogens is 288 g/mol. The molecule has 1 saturated heterocycles. The lowest BCUT2D eigenvalue weighted by Gasteiger charge is -2.47. The Morgan fingerprint density at radius 1 is 1.57 bits per heavy atom. The van der Waals surface area contributed by atoms with Crippen LogP contribution in [-0.2, 0) is 14.3 Å². The number of aromatic nitrogens is 1. The van der Waals surface area contributed by atoms with Crippen molar-refractivity contribution in [3.8, 4) is 0 Å². The summed E-state index contributed by atoms with van der Waals surface area (Å²) in [7, 11) is 1.69. The summed E-state index contributed by atoms with van der Waals surface area (Å²) in [6.45, 7) is 1.43. The summed E-state index contributed by atoms with van der Waals surface area (Å²) in [5, 5.41) is 4.02. The third-order valence-corrected chi connectivity index (χ3v) is 5.15. The van der Waals surface area contributed by atoms with Crippen LogP contribution in [-0.4, -0.2) is 49.1 Å². The molecule has 0 bridgehead atoms. The quantitative estimate of drug-likeness (QED) is 0.804. The van der Waals surface area contributed by atoms with E-state index in [4.69, 9.17) is 9.47 Å². The van der Waals surface area contributed by atoms with Crippen molar-refractivity contribution >= 4 is 17.7 Å². The summed E-state index contributed by atoms with van der Waals surface area (Å²) in [6.07, 6.45) is 3.03. The molecule has 2 aliphatic rings. The number of nitrogens with zero attached hydrogens (tertiary/aromatic N) is 1. The zero-order valence-electron chi connectivity index (χ0n) is 12.0. The summed E-state index contributed by atoms with van der Waals surface area (Å²) >= 11 is 1.46. The van der Waals surface area contributed by atoms with Crippen LogP contribution in [0.3, 0.4) is 0 Å². The normalized spacial score (nSPS) is 30.5. The zero-order chi connectivity index (χ0) is 14.7. The van der Waals surface area contributed by atoms with Crippen LogP contribution in [0, 0.1) is 11.8 Å². The number of carbonyl (C=O) groups is 1. The minimum Gasteiger partial charge on any atom is -0.384 e. The summed E-state index contributed by atoms with van der Waals surface area (Å²) < 4.78 is 11.0. The van der Waals surface area contributed by atoms with Gasteiger partial charge in [0.25, 0.3) is 0 Å². The van der Waals surface area contributed by atoms with Gasteiger partial charge in [-0.1, -0.05) is 17.8 Å². The Kier molecular flexibility index (Phi) is 4.77. The van der Waals surface area contributed by atoms with Gasteiger partial charge in [0.1, 0.15) is 0 Å². The second-order valence-corrected chi connectivity index (χ2v) is 6.45. The van der Waals surface area contributed by atoms with Gasteiger partial charge < -0.3 is 14.8 Å². The number of hydrogen-bond donors (Lipinski definition) is 1. The predicted molar refractivity (Wildman–Crippen MR) is 80.1 cm³/mol. The van der Waals surface area contributed by atoms with Gasteiger partial charge in [-0.25, -0.2) is 4.98 Å². The van der Waals surface area contributed by atoms with Crippen molar-refractivity contribution in [2.75, 3.05) is 26.1 Å². The number of nitrogens with one attached hydrogen (secondary N) is 1. The van der Waals surface area contributed by atoms with Crippen LogP contribution in [0.25, 0.3) is 0 Å². The van der Waals surface area contributed by atoms with Crippen molar-refractivity contribution in [2.24, 2.45) is 11.8 Å². The van der Waals surface area contributed by atoms with Crippen LogP contribution >= 0.6 is 11.8 Å². The molecule has 1 aromatic rings. The first-order valence-electron chi connectivity index (χ1n) is 7.23. The maximum absolute atomic E-state index is 12.1. The van der Waals surface area contributed by atoms with Gasteiger partial charge >= 0.3 is 0 Å². The first-order chi connectivity index (χ1) is 10.3. The number of methoxy groups -OCH3 is 1.